The summed E-state index contributed by atoms with van der Waals surface area (Å²) in [6, 6.07) is 5.86. The SMILES string of the molecule is CCOC(=O)/C(C#N)=C\Nc1ccc(C(=O)O)c(Cl)c1. The first-order valence-corrected chi connectivity index (χ1v) is 5.94. The predicted octanol–water partition coefficient (Wildman–Crippen LogP) is 2.42. The summed E-state index contributed by atoms with van der Waals surface area (Å²) in [5.41, 5.74) is 0.203. The van der Waals surface area contributed by atoms with Gasteiger partial charge in [-0.25, -0.2) is 9.59 Å². The number of nitrogens with one attached hydrogen (secondary N) is 1. The van der Waals surface area contributed by atoms with Gasteiger partial charge >= 0.3 is 11.9 Å². The number of carbonyl (C=O) groups excluding carboxylic acids is 1. The van der Waals surface area contributed by atoms with E-state index in [0.29, 0.717) is 5.69 Å². The number of hydrogen-bond donors (Lipinski definition) is 2. The van der Waals surface area contributed by atoms with Gasteiger partial charge in [0.15, 0.2) is 5.57 Å². The molecule has 0 aliphatic heterocycles. The molecule has 1 aromatic rings. The number of halogens is 1. The summed E-state index contributed by atoms with van der Waals surface area (Å²) in [6.07, 6.45) is 1.17. The monoisotopic (exact) mass is 294 g/mol. The molecule has 0 unspecified atom stereocenters. The highest BCUT2D eigenvalue weighted by Gasteiger charge is 2.11. The van der Waals surface area contributed by atoms with E-state index < -0.39 is 11.9 Å². The highest BCUT2D eigenvalue weighted by Crippen LogP contribution is 2.21. The second-order valence-corrected chi connectivity index (χ2v) is 3.94. The van der Waals surface area contributed by atoms with Gasteiger partial charge in [0.1, 0.15) is 6.07 Å². The molecule has 0 radical (unpaired) electrons. The fourth-order valence-corrected chi connectivity index (χ4v) is 1.54. The van der Waals surface area contributed by atoms with E-state index in [1.807, 2.05) is 0 Å². The number of ether oxygens (including phenoxy) is 1. The Kier molecular flexibility index (Phi) is 5.56. The first-order chi connectivity index (χ1) is 9.49. The predicted molar refractivity (Wildman–Crippen MR) is 72.4 cm³/mol. The zero-order valence-electron chi connectivity index (χ0n) is 10.5. The van der Waals surface area contributed by atoms with E-state index >= 15 is 0 Å². The first-order valence-electron chi connectivity index (χ1n) is 5.56. The molecule has 0 spiro atoms. The normalized spacial score (nSPS) is 10.6. The maximum atomic E-state index is 11.3. The van der Waals surface area contributed by atoms with Crippen molar-refractivity contribution in [2.45, 2.75) is 6.92 Å². The van der Waals surface area contributed by atoms with Gasteiger partial charge in [0.25, 0.3) is 0 Å². The smallest absolute Gasteiger partial charge is 0.350 e. The number of carboxylic acids is 1. The van der Waals surface area contributed by atoms with Gasteiger partial charge in [-0.3, -0.25) is 0 Å². The minimum absolute atomic E-state index is 0.0351. The highest BCUT2D eigenvalue weighted by atomic mass is 35.5. The zero-order valence-corrected chi connectivity index (χ0v) is 11.3. The third kappa shape index (κ3) is 4.00. The van der Waals surface area contributed by atoms with E-state index in [1.165, 1.54) is 24.4 Å². The molecule has 0 saturated heterocycles. The van der Waals surface area contributed by atoms with Crippen LogP contribution in [0, 0.1) is 11.3 Å². The van der Waals surface area contributed by atoms with Crippen LogP contribution in [0.2, 0.25) is 5.02 Å². The van der Waals surface area contributed by atoms with Gasteiger partial charge < -0.3 is 15.2 Å². The average Bonchev–Trinajstić information content (AvgIpc) is 2.39. The Morgan fingerprint density at radius 2 is 2.25 bits per heavy atom. The Bertz CT molecular complexity index is 605. The van der Waals surface area contributed by atoms with Crippen LogP contribution in [0.5, 0.6) is 0 Å². The summed E-state index contributed by atoms with van der Waals surface area (Å²) in [4.78, 5) is 22.1. The summed E-state index contributed by atoms with van der Waals surface area (Å²) in [7, 11) is 0. The van der Waals surface area contributed by atoms with Crippen molar-refractivity contribution >= 4 is 29.2 Å². The minimum Gasteiger partial charge on any atom is -0.478 e. The van der Waals surface area contributed by atoms with Crippen LogP contribution in [0.1, 0.15) is 17.3 Å². The molecule has 0 aliphatic rings. The van der Waals surface area contributed by atoms with Crippen LogP contribution in [-0.4, -0.2) is 23.7 Å². The molecule has 0 aromatic heterocycles. The lowest BCUT2D eigenvalue weighted by molar-refractivity contribution is -0.138. The van der Waals surface area contributed by atoms with Crippen LogP contribution in [0.15, 0.2) is 30.0 Å². The van der Waals surface area contributed by atoms with Crippen LogP contribution in [0.25, 0.3) is 0 Å². The Balaban J connectivity index is 2.89. The quantitative estimate of drug-likeness (QED) is 0.491. The number of rotatable bonds is 5. The van der Waals surface area contributed by atoms with Crippen LogP contribution in [0.4, 0.5) is 5.69 Å². The summed E-state index contributed by atoms with van der Waals surface area (Å²) >= 11 is 5.79. The standard InChI is InChI=1S/C13H11ClN2O4/c1-2-20-13(19)8(6-15)7-16-9-3-4-10(12(17)18)11(14)5-9/h3-5,7,16H,2H2,1H3,(H,17,18)/b8-7-. The summed E-state index contributed by atoms with van der Waals surface area (Å²) in [6.45, 7) is 1.79. The summed E-state index contributed by atoms with van der Waals surface area (Å²) in [5, 5.41) is 20.4. The van der Waals surface area contributed by atoms with E-state index in [1.54, 1.807) is 13.0 Å². The highest BCUT2D eigenvalue weighted by molar-refractivity contribution is 6.33. The van der Waals surface area contributed by atoms with E-state index in [0.717, 1.165) is 0 Å². The van der Waals surface area contributed by atoms with Gasteiger partial charge in [0.2, 0.25) is 0 Å². The van der Waals surface area contributed by atoms with Crippen molar-refractivity contribution in [2.24, 2.45) is 0 Å². The number of esters is 1. The van der Waals surface area contributed by atoms with E-state index in [2.05, 4.69) is 10.1 Å². The number of carboxylic acid groups (broad SMARTS) is 1. The van der Waals surface area contributed by atoms with Crippen LogP contribution >= 0.6 is 11.6 Å². The zero-order chi connectivity index (χ0) is 15.1. The summed E-state index contributed by atoms with van der Waals surface area (Å²) < 4.78 is 4.68. The Hall–Kier alpha value is -2.52. The molecule has 0 aliphatic carbocycles. The number of aromatic carboxylic acids is 1. The minimum atomic E-state index is -1.14. The van der Waals surface area contributed by atoms with Crippen LogP contribution < -0.4 is 5.32 Å². The molecule has 0 fully saturated rings. The Morgan fingerprint density at radius 1 is 1.55 bits per heavy atom. The van der Waals surface area contributed by atoms with Crippen molar-refractivity contribution in [3.05, 3.63) is 40.6 Å². The van der Waals surface area contributed by atoms with Gasteiger partial charge in [-0.1, -0.05) is 11.6 Å². The Morgan fingerprint density at radius 3 is 2.75 bits per heavy atom. The summed E-state index contributed by atoms with van der Waals surface area (Å²) in [5.74, 6) is -1.88. The molecule has 1 aromatic carbocycles. The number of nitriles is 1. The first kappa shape index (κ1) is 15.5. The second kappa shape index (κ2) is 7.16. The third-order valence-electron chi connectivity index (χ3n) is 2.20. The number of hydrogen-bond acceptors (Lipinski definition) is 5. The molecular weight excluding hydrogens is 284 g/mol. The van der Waals surface area contributed by atoms with Gasteiger partial charge in [-0.15, -0.1) is 0 Å². The van der Waals surface area contributed by atoms with Gasteiger partial charge in [-0.2, -0.15) is 5.26 Å². The van der Waals surface area contributed by atoms with E-state index in [9.17, 15) is 9.59 Å². The van der Waals surface area contributed by atoms with Crippen molar-refractivity contribution in [3.8, 4) is 6.07 Å². The number of anilines is 1. The van der Waals surface area contributed by atoms with E-state index in [4.69, 9.17) is 22.0 Å². The van der Waals surface area contributed by atoms with Crippen LogP contribution in [-0.2, 0) is 9.53 Å². The van der Waals surface area contributed by atoms with Crippen molar-refractivity contribution in [1.29, 1.82) is 5.26 Å². The molecule has 6 nitrogen and oxygen atoms in total. The number of carbonyl (C=O) groups is 2. The van der Waals surface area contributed by atoms with Crippen molar-refractivity contribution in [2.75, 3.05) is 11.9 Å². The Labute approximate surface area is 120 Å². The van der Waals surface area contributed by atoms with Gasteiger partial charge in [0.05, 0.1) is 17.2 Å². The second-order valence-electron chi connectivity index (χ2n) is 3.53. The molecule has 0 amide bonds. The number of nitrogens with zero attached hydrogens (tertiary/aromatic N) is 1. The average molecular weight is 295 g/mol. The molecule has 0 saturated carbocycles. The fraction of sp³-hybridized carbons (Fsp3) is 0.154. The molecule has 0 heterocycles. The molecular formula is C13H11ClN2O4. The fourth-order valence-electron chi connectivity index (χ4n) is 1.28. The number of benzene rings is 1. The molecule has 7 heteroatoms. The molecule has 0 bridgehead atoms. The largest absolute Gasteiger partial charge is 0.478 e. The molecule has 20 heavy (non-hydrogen) atoms. The lowest BCUT2D eigenvalue weighted by Crippen LogP contribution is -2.08. The van der Waals surface area contributed by atoms with Gasteiger partial charge in [-0.05, 0) is 25.1 Å². The van der Waals surface area contributed by atoms with Crippen LogP contribution in [0.3, 0.4) is 0 Å². The van der Waals surface area contributed by atoms with Crippen molar-refractivity contribution in [3.63, 3.8) is 0 Å². The third-order valence-corrected chi connectivity index (χ3v) is 2.51. The maximum absolute atomic E-state index is 11.3. The molecule has 0 atom stereocenters. The van der Waals surface area contributed by atoms with E-state index in [-0.39, 0.29) is 22.8 Å². The lowest BCUT2D eigenvalue weighted by atomic mass is 10.2. The lowest BCUT2D eigenvalue weighted by Gasteiger charge is -2.05. The van der Waals surface area contributed by atoms with Crippen molar-refractivity contribution < 1.29 is 19.4 Å². The molecule has 104 valence electrons. The molecule has 1 rings (SSSR count). The van der Waals surface area contributed by atoms with Crippen molar-refractivity contribution in [1.82, 2.24) is 0 Å². The van der Waals surface area contributed by atoms with Gasteiger partial charge in [0, 0.05) is 11.9 Å². The topological polar surface area (TPSA) is 99.4 Å². The molecule has 2 N–H and O–H groups in total. The maximum Gasteiger partial charge on any atom is 0.350 e.